The molecule has 2 N–H and O–H groups in total. The lowest BCUT2D eigenvalue weighted by Crippen LogP contribution is -2.46. The molecule has 0 fully saturated rings. The summed E-state index contributed by atoms with van der Waals surface area (Å²) in [6.07, 6.45) is 4.47. The summed E-state index contributed by atoms with van der Waals surface area (Å²) in [5.74, 6) is -0.0767. The molecular formula is C17H20N2O2. The number of pyridine rings is 1. The van der Waals surface area contributed by atoms with Crippen LogP contribution in [0, 0.1) is 0 Å². The van der Waals surface area contributed by atoms with Crippen LogP contribution in [0.2, 0.25) is 0 Å². The summed E-state index contributed by atoms with van der Waals surface area (Å²) in [5.41, 5.74) is 1.21. The lowest BCUT2D eigenvalue weighted by molar-refractivity contribution is -0.123. The third kappa shape index (κ3) is 4.13. The highest BCUT2D eigenvalue weighted by Gasteiger charge is 2.27. The molecule has 2 aromatic rings. The second-order valence-corrected chi connectivity index (χ2v) is 5.26. The van der Waals surface area contributed by atoms with E-state index in [2.05, 4.69) is 10.3 Å². The Morgan fingerprint density at radius 1 is 1.19 bits per heavy atom. The Morgan fingerprint density at radius 2 is 1.86 bits per heavy atom. The minimum Gasteiger partial charge on any atom is -0.394 e. The summed E-state index contributed by atoms with van der Waals surface area (Å²) >= 11 is 0. The van der Waals surface area contributed by atoms with Crippen molar-refractivity contribution in [1.82, 2.24) is 10.3 Å². The van der Waals surface area contributed by atoms with Gasteiger partial charge in [-0.3, -0.25) is 9.78 Å². The third-order valence-electron chi connectivity index (χ3n) is 3.53. The van der Waals surface area contributed by atoms with Gasteiger partial charge in [0.25, 0.3) is 0 Å². The molecule has 0 aliphatic heterocycles. The summed E-state index contributed by atoms with van der Waals surface area (Å²) < 4.78 is 0. The molecule has 0 saturated carbocycles. The Bertz CT molecular complexity index is 572. The van der Waals surface area contributed by atoms with Gasteiger partial charge < -0.3 is 10.4 Å². The van der Waals surface area contributed by atoms with E-state index < -0.39 is 5.54 Å². The molecule has 4 nitrogen and oxygen atoms in total. The van der Waals surface area contributed by atoms with Crippen molar-refractivity contribution < 1.29 is 9.90 Å². The number of nitrogens with zero attached hydrogens (tertiary/aromatic N) is 1. The van der Waals surface area contributed by atoms with Gasteiger partial charge in [-0.1, -0.05) is 30.3 Å². The molecule has 1 amide bonds. The van der Waals surface area contributed by atoms with E-state index in [4.69, 9.17) is 0 Å². The zero-order valence-electron chi connectivity index (χ0n) is 12.1. The van der Waals surface area contributed by atoms with E-state index in [0.29, 0.717) is 12.8 Å². The molecule has 2 rings (SSSR count). The molecule has 1 unspecified atom stereocenters. The highest BCUT2D eigenvalue weighted by atomic mass is 16.3. The molecule has 4 heteroatoms. The molecule has 110 valence electrons. The van der Waals surface area contributed by atoms with Crippen LogP contribution >= 0.6 is 0 Å². The quantitative estimate of drug-likeness (QED) is 0.853. The van der Waals surface area contributed by atoms with Crippen molar-refractivity contribution in [1.29, 1.82) is 0 Å². The fraction of sp³-hybridized carbons (Fsp3) is 0.294. The summed E-state index contributed by atoms with van der Waals surface area (Å²) in [6.45, 7) is 1.69. The molecule has 0 bridgehead atoms. The molecule has 0 saturated heterocycles. The zero-order valence-corrected chi connectivity index (χ0v) is 12.1. The van der Waals surface area contributed by atoms with Crippen molar-refractivity contribution in [3.05, 3.63) is 66.0 Å². The minimum atomic E-state index is -0.753. The number of aliphatic hydroxyl groups excluding tert-OH is 1. The standard InChI is InChI=1S/C17H20N2O2/c1-17(13-20,15-5-3-2-4-6-15)19-16(21)8-7-14-9-11-18-12-10-14/h2-6,9-12,20H,7-8,13H2,1H3,(H,19,21). The van der Waals surface area contributed by atoms with Gasteiger partial charge in [-0.2, -0.15) is 0 Å². The van der Waals surface area contributed by atoms with E-state index in [1.54, 1.807) is 12.4 Å². The van der Waals surface area contributed by atoms with Gasteiger partial charge in [0.05, 0.1) is 12.1 Å². The van der Waals surface area contributed by atoms with E-state index in [0.717, 1.165) is 11.1 Å². The molecule has 0 aliphatic rings. The van der Waals surface area contributed by atoms with Gasteiger partial charge in [0.1, 0.15) is 0 Å². The van der Waals surface area contributed by atoms with Crippen molar-refractivity contribution in [3.8, 4) is 0 Å². The number of rotatable bonds is 6. The van der Waals surface area contributed by atoms with Gasteiger partial charge >= 0.3 is 0 Å². The first-order valence-electron chi connectivity index (χ1n) is 7.00. The maximum atomic E-state index is 12.1. The van der Waals surface area contributed by atoms with Crippen LogP contribution < -0.4 is 5.32 Å². The van der Waals surface area contributed by atoms with Crippen molar-refractivity contribution in [2.45, 2.75) is 25.3 Å². The number of aliphatic hydroxyl groups is 1. The summed E-state index contributed by atoms with van der Waals surface area (Å²) in [7, 11) is 0. The Kier molecular flexibility index (Phi) is 5.06. The van der Waals surface area contributed by atoms with Crippen molar-refractivity contribution >= 4 is 5.91 Å². The highest BCUT2D eigenvalue weighted by Crippen LogP contribution is 2.20. The van der Waals surface area contributed by atoms with Gasteiger partial charge in [-0.25, -0.2) is 0 Å². The third-order valence-corrected chi connectivity index (χ3v) is 3.53. The van der Waals surface area contributed by atoms with Crippen LogP contribution in [-0.4, -0.2) is 22.6 Å². The largest absolute Gasteiger partial charge is 0.394 e. The predicted octanol–water partition coefficient (Wildman–Crippen LogP) is 2.04. The van der Waals surface area contributed by atoms with Crippen LogP contribution in [0.5, 0.6) is 0 Å². The second-order valence-electron chi connectivity index (χ2n) is 5.26. The number of aryl methyl sites for hydroxylation is 1. The average molecular weight is 284 g/mol. The number of hydrogen-bond acceptors (Lipinski definition) is 3. The Labute approximate surface area is 124 Å². The van der Waals surface area contributed by atoms with Crippen LogP contribution in [-0.2, 0) is 16.8 Å². The van der Waals surface area contributed by atoms with E-state index in [9.17, 15) is 9.90 Å². The second kappa shape index (κ2) is 6.99. The Morgan fingerprint density at radius 3 is 2.48 bits per heavy atom. The van der Waals surface area contributed by atoms with Crippen LogP contribution in [0.4, 0.5) is 0 Å². The fourth-order valence-electron chi connectivity index (χ4n) is 2.19. The maximum absolute atomic E-state index is 12.1. The molecule has 1 atom stereocenters. The minimum absolute atomic E-state index is 0.0767. The van der Waals surface area contributed by atoms with Gasteiger partial charge in [0, 0.05) is 18.8 Å². The molecule has 1 aromatic carbocycles. The molecule has 1 aromatic heterocycles. The molecule has 0 aliphatic carbocycles. The van der Waals surface area contributed by atoms with E-state index in [1.807, 2.05) is 49.4 Å². The number of aromatic nitrogens is 1. The topological polar surface area (TPSA) is 62.2 Å². The monoisotopic (exact) mass is 284 g/mol. The SMILES string of the molecule is CC(CO)(NC(=O)CCc1ccncc1)c1ccccc1. The van der Waals surface area contributed by atoms with Crippen molar-refractivity contribution in [2.24, 2.45) is 0 Å². The first-order chi connectivity index (χ1) is 10.1. The van der Waals surface area contributed by atoms with Gasteiger partial charge in [-0.15, -0.1) is 0 Å². The normalized spacial score (nSPS) is 13.4. The summed E-state index contributed by atoms with van der Waals surface area (Å²) in [5, 5.41) is 12.6. The van der Waals surface area contributed by atoms with E-state index in [1.165, 1.54) is 0 Å². The molecule has 0 radical (unpaired) electrons. The van der Waals surface area contributed by atoms with Gasteiger partial charge in [0.15, 0.2) is 0 Å². The zero-order chi connectivity index (χ0) is 15.1. The number of benzene rings is 1. The first-order valence-corrected chi connectivity index (χ1v) is 7.00. The van der Waals surface area contributed by atoms with Crippen LogP contribution in [0.15, 0.2) is 54.9 Å². The molecular weight excluding hydrogens is 264 g/mol. The van der Waals surface area contributed by atoms with Crippen molar-refractivity contribution in [2.75, 3.05) is 6.61 Å². The number of carbonyl (C=O) groups is 1. The number of hydrogen-bond donors (Lipinski definition) is 2. The molecule has 21 heavy (non-hydrogen) atoms. The van der Waals surface area contributed by atoms with Crippen LogP contribution in [0.1, 0.15) is 24.5 Å². The van der Waals surface area contributed by atoms with Gasteiger partial charge in [-0.05, 0) is 36.6 Å². The lowest BCUT2D eigenvalue weighted by atomic mass is 9.92. The first kappa shape index (κ1) is 15.2. The fourth-order valence-corrected chi connectivity index (χ4v) is 2.19. The molecule has 1 heterocycles. The summed E-state index contributed by atoms with van der Waals surface area (Å²) in [6, 6.07) is 13.3. The van der Waals surface area contributed by atoms with Crippen LogP contribution in [0.3, 0.4) is 0 Å². The highest BCUT2D eigenvalue weighted by molar-refractivity contribution is 5.77. The smallest absolute Gasteiger partial charge is 0.221 e. The van der Waals surface area contributed by atoms with Crippen LogP contribution in [0.25, 0.3) is 0 Å². The predicted molar refractivity (Wildman–Crippen MR) is 81.6 cm³/mol. The Balaban J connectivity index is 1.97. The van der Waals surface area contributed by atoms with Gasteiger partial charge in [0.2, 0.25) is 5.91 Å². The van der Waals surface area contributed by atoms with Crippen molar-refractivity contribution in [3.63, 3.8) is 0 Å². The maximum Gasteiger partial charge on any atom is 0.221 e. The number of nitrogens with one attached hydrogen (secondary N) is 1. The van der Waals surface area contributed by atoms with E-state index in [-0.39, 0.29) is 12.5 Å². The number of carbonyl (C=O) groups excluding carboxylic acids is 1. The Hall–Kier alpha value is -2.20. The molecule has 0 spiro atoms. The van der Waals surface area contributed by atoms with E-state index >= 15 is 0 Å². The average Bonchev–Trinajstić information content (AvgIpc) is 2.54. The summed E-state index contributed by atoms with van der Waals surface area (Å²) in [4.78, 5) is 16.1. The lowest BCUT2D eigenvalue weighted by Gasteiger charge is -2.29. The number of amides is 1.